The lowest BCUT2D eigenvalue weighted by Crippen LogP contribution is -2.71. The van der Waals surface area contributed by atoms with Gasteiger partial charge in [-0.05, 0) is 62.9 Å². The number of ether oxygens (including phenoxy) is 1. The highest BCUT2D eigenvalue weighted by Crippen LogP contribution is 2.42. The summed E-state index contributed by atoms with van der Waals surface area (Å²) in [7, 11) is 0. The summed E-state index contributed by atoms with van der Waals surface area (Å²) < 4.78 is 5.64. The first-order chi connectivity index (χ1) is 27.7. The Hall–Kier alpha value is -5.51. The van der Waals surface area contributed by atoms with Gasteiger partial charge < -0.3 is 30.6 Å². The number of carboxylic acids is 1. The second kappa shape index (κ2) is 17.5. The molecule has 0 saturated carbocycles. The molecule has 4 aromatic rings. The second-order valence-electron chi connectivity index (χ2n) is 15.0. The van der Waals surface area contributed by atoms with Crippen LogP contribution in [0.25, 0.3) is 0 Å². The summed E-state index contributed by atoms with van der Waals surface area (Å²) in [6, 6.07) is 28.8. The first kappa shape index (κ1) is 42.1. The van der Waals surface area contributed by atoms with Crippen molar-refractivity contribution in [2.24, 2.45) is 5.16 Å². The number of amides is 2. The number of aliphatic carboxylic acids is 1. The van der Waals surface area contributed by atoms with Gasteiger partial charge in [-0.15, -0.1) is 23.1 Å². The van der Waals surface area contributed by atoms with E-state index in [0.29, 0.717) is 29.5 Å². The molecule has 0 bridgehead atoms. The highest BCUT2D eigenvalue weighted by atomic mass is 32.2. The summed E-state index contributed by atoms with van der Waals surface area (Å²) in [4.78, 5) is 65.7. The molecule has 0 radical (unpaired) electrons. The van der Waals surface area contributed by atoms with E-state index >= 15 is 0 Å². The standard InChI is InChI=1S/C43H48N6O7S2/c1-7-42(6,39(54)55-41(3,4)5)56-48-32(35(50)46-33-36(51)49-34(38(52)53)27(24-44-8-2)25-57-37(33)49)31-26-58-40(45-31)47-43(28-18-12-9-13-19-28,29-20-14-10-15-21-29)30-22-16-11-17-23-30/h9-23,26,33,37,44H,7-8,24-25H2,1-6H3,(H,45,47)(H,46,50)(H,52,53)/t33?,37-,42?/m0/s1. The highest BCUT2D eigenvalue weighted by Gasteiger charge is 2.54. The number of carbonyl (C=O) groups is 4. The number of carbonyl (C=O) groups excluding carboxylic acids is 3. The molecule has 0 aliphatic carbocycles. The normalized spacial score (nSPS) is 18.1. The van der Waals surface area contributed by atoms with Gasteiger partial charge in [-0.1, -0.05) is 110 Å². The van der Waals surface area contributed by atoms with Crippen LogP contribution < -0.4 is 16.0 Å². The largest absolute Gasteiger partial charge is 0.477 e. The van der Waals surface area contributed by atoms with Crippen molar-refractivity contribution in [2.75, 3.05) is 24.2 Å². The fraction of sp³-hybridized carbons (Fsp3) is 0.349. The molecular weight excluding hydrogens is 777 g/mol. The van der Waals surface area contributed by atoms with Crippen LogP contribution in [0, 0.1) is 0 Å². The van der Waals surface area contributed by atoms with Crippen molar-refractivity contribution in [3.05, 3.63) is 130 Å². The van der Waals surface area contributed by atoms with Crippen LogP contribution in [0.1, 0.15) is 70.3 Å². The molecule has 1 aromatic heterocycles. The number of thioether (sulfide) groups is 1. The van der Waals surface area contributed by atoms with Crippen molar-refractivity contribution in [1.29, 1.82) is 0 Å². The number of thiazole rings is 1. The predicted octanol–water partition coefficient (Wildman–Crippen LogP) is 6.13. The van der Waals surface area contributed by atoms with Gasteiger partial charge in [0.05, 0.1) is 0 Å². The van der Waals surface area contributed by atoms with Crippen molar-refractivity contribution < 1.29 is 33.9 Å². The molecule has 2 aliphatic rings. The number of carboxylic acid groups (broad SMARTS) is 1. The monoisotopic (exact) mass is 824 g/mol. The number of anilines is 1. The molecular formula is C43H48N6O7S2. The lowest BCUT2D eigenvalue weighted by atomic mass is 9.77. The highest BCUT2D eigenvalue weighted by molar-refractivity contribution is 8.00. The van der Waals surface area contributed by atoms with Gasteiger partial charge in [0.1, 0.15) is 33.9 Å². The molecule has 304 valence electrons. The molecule has 2 aliphatic heterocycles. The molecule has 3 atom stereocenters. The number of esters is 1. The maximum Gasteiger partial charge on any atom is 0.353 e. The van der Waals surface area contributed by atoms with Crippen LogP contribution in [0.4, 0.5) is 5.13 Å². The Balaban J connectivity index is 1.38. The van der Waals surface area contributed by atoms with Crippen molar-refractivity contribution in [3.63, 3.8) is 0 Å². The van der Waals surface area contributed by atoms with Gasteiger partial charge in [0.15, 0.2) is 10.8 Å². The van der Waals surface area contributed by atoms with E-state index in [-0.39, 0.29) is 23.5 Å². The molecule has 2 unspecified atom stereocenters. The van der Waals surface area contributed by atoms with E-state index in [9.17, 15) is 24.3 Å². The molecule has 15 heteroatoms. The average Bonchev–Trinajstić information content (AvgIpc) is 3.68. The Labute approximate surface area is 346 Å². The van der Waals surface area contributed by atoms with Crippen LogP contribution in [-0.4, -0.2) is 85.9 Å². The number of rotatable bonds is 16. The molecule has 2 amide bonds. The van der Waals surface area contributed by atoms with Gasteiger partial charge in [0.2, 0.25) is 5.60 Å². The smallest absolute Gasteiger partial charge is 0.353 e. The van der Waals surface area contributed by atoms with E-state index < -0.39 is 51.9 Å². The zero-order valence-electron chi connectivity index (χ0n) is 33.3. The summed E-state index contributed by atoms with van der Waals surface area (Å²) in [5.41, 5.74) is -0.152. The maximum atomic E-state index is 14.3. The molecule has 0 spiro atoms. The number of nitrogens with zero attached hydrogens (tertiary/aromatic N) is 3. The molecule has 6 rings (SSSR count). The van der Waals surface area contributed by atoms with Gasteiger partial charge in [-0.3, -0.25) is 14.5 Å². The Kier molecular flexibility index (Phi) is 12.7. The zero-order valence-corrected chi connectivity index (χ0v) is 34.9. The number of β-lactam (4-membered cyclic amide) rings is 1. The fourth-order valence-corrected chi connectivity index (χ4v) is 8.77. The molecule has 1 fully saturated rings. The molecule has 58 heavy (non-hydrogen) atoms. The van der Waals surface area contributed by atoms with Crippen molar-refractivity contribution in [3.8, 4) is 0 Å². The molecule has 4 N–H and O–H groups in total. The lowest BCUT2D eigenvalue weighted by molar-refractivity contribution is -0.182. The molecule has 3 heterocycles. The van der Waals surface area contributed by atoms with Crippen LogP contribution in [0.5, 0.6) is 0 Å². The van der Waals surface area contributed by atoms with Crippen LogP contribution >= 0.6 is 23.1 Å². The lowest BCUT2D eigenvalue weighted by Gasteiger charge is -2.49. The van der Waals surface area contributed by atoms with Crippen molar-refractivity contribution >= 4 is 57.7 Å². The van der Waals surface area contributed by atoms with Crippen LogP contribution in [0.2, 0.25) is 0 Å². The van der Waals surface area contributed by atoms with Crippen molar-refractivity contribution in [1.82, 2.24) is 20.5 Å². The van der Waals surface area contributed by atoms with E-state index in [4.69, 9.17) is 14.6 Å². The van der Waals surface area contributed by atoms with Crippen LogP contribution in [0.3, 0.4) is 0 Å². The third kappa shape index (κ3) is 8.66. The third-order valence-electron chi connectivity index (χ3n) is 9.85. The summed E-state index contributed by atoms with van der Waals surface area (Å²) >= 11 is 2.60. The first-order valence-corrected chi connectivity index (χ1v) is 21.0. The summed E-state index contributed by atoms with van der Waals surface area (Å²) in [5.74, 6) is -2.89. The van der Waals surface area contributed by atoms with Gasteiger partial charge in [-0.2, -0.15) is 0 Å². The van der Waals surface area contributed by atoms with E-state index in [2.05, 4.69) is 21.1 Å². The third-order valence-corrected chi connectivity index (χ3v) is 11.9. The van der Waals surface area contributed by atoms with Gasteiger partial charge in [-0.25, -0.2) is 14.6 Å². The Morgan fingerprint density at radius 3 is 1.98 bits per heavy atom. The van der Waals surface area contributed by atoms with Crippen molar-refractivity contribution in [2.45, 2.75) is 76.1 Å². The number of aromatic nitrogens is 1. The minimum atomic E-state index is -1.58. The number of hydrogen-bond donors (Lipinski definition) is 4. The van der Waals surface area contributed by atoms with E-state index in [1.165, 1.54) is 34.9 Å². The van der Waals surface area contributed by atoms with Gasteiger partial charge >= 0.3 is 11.9 Å². The fourth-order valence-electron chi connectivity index (χ4n) is 6.67. The Bertz CT molecular complexity index is 2090. The van der Waals surface area contributed by atoms with Gasteiger partial charge in [0.25, 0.3) is 11.8 Å². The van der Waals surface area contributed by atoms with E-state index in [0.717, 1.165) is 16.7 Å². The number of nitrogens with one attached hydrogen (secondary N) is 3. The number of oxime groups is 1. The SMILES string of the molecule is CCNCC1=C(C(=O)O)N2C(=O)C(NC(=O)C(=NOC(C)(CC)C(=O)OC(C)(C)C)c3csc(NC(c4ccccc4)(c4ccccc4)c4ccccc4)n3)[C@@H]2SC1. The Morgan fingerprint density at radius 2 is 1.48 bits per heavy atom. The molecule has 3 aromatic carbocycles. The van der Waals surface area contributed by atoms with Crippen LogP contribution in [0.15, 0.2) is 113 Å². The number of benzene rings is 3. The second-order valence-corrected chi connectivity index (χ2v) is 17.0. The Morgan fingerprint density at radius 1 is 0.914 bits per heavy atom. The average molecular weight is 825 g/mol. The number of fused-ring (bicyclic) bond motifs is 1. The van der Waals surface area contributed by atoms with Gasteiger partial charge in [0, 0.05) is 17.7 Å². The number of hydrogen-bond acceptors (Lipinski definition) is 12. The first-order valence-electron chi connectivity index (χ1n) is 19.0. The maximum absolute atomic E-state index is 14.3. The predicted molar refractivity (Wildman–Crippen MR) is 225 cm³/mol. The zero-order chi connectivity index (χ0) is 41.7. The minimum absolute atomic E-state index is 0.0811. The topological polar surface area (TPSA) is 172 Å². The quantitative estimate of drug-likeness (QED) is 0.0337. The molecule has 1 saturated heterocycles. The number of likely N-dealkylation sites (N-methyl/N-ethyl adjacent to an activating group) is 1. The minimum Gasteiger partial charge on any atom is -0.477 e. The summed E-state index contributed by atoms with van der Waals surface area (Å²) in [6.07, 6.45) is 0.159. The summed E-state index contributed by atoms with van der Waals surface area (Å²) in [5, 5.41) is 25.4. The van der Waals surface area contributed by atoms with E-state index in [1.807, 2.05) is 97.9 Å². The molecule has 13 nitrogen and oxygen atoms in total. The van der Waals surface area contributed by atoms with Crippen LogP contribution in [-0.2, 0) is 34.3 Å². The van der Waals surface area contributed by atoms with E-state index in [1.54, 1.807) is 33.1 Å². The summed E-state index contributed by atoms with van der Waals surface area (Å²) in [6.45, 7) is 11.3.